The van der Waals surface area contributed by atoms with Crippen LogP contribution < -0.4 is 5.73 Å². The number of rotatable bonds is 1. The van der Waals surface area contributed by atoms with E-state index < -0.39 is 0 Å². The number of aliphatic hydroxyl groups excluding tert-OH is 1. The molecule has 0 aliphatic rings. The third-order valence-electron chi connectivity index (χ3n) is 1.93. The van der Waals surface area contributed by atoms with Crippen LogP contribution in [0.5, 0.6) is 5.75 Å². The average Bonchev–Trinajstić information content (AvgIpc) is 2.55. The number of aliphatic hydroxyl groups is 1. The number of nitrogens with two attached hydrogens (primary N) is 1. The molecule has 0 unspecified atom stereocenters. The SMILES string of the molecule is Nc1c(O)ccc2sc(CO)cc12. The number of nitrogen functional groups attached to an aromatic ring is 1. The summed E-state index contributed by atoms with van der Waals surface area (Å²) in [6.07, 6.45) is 0. The lowest BCUT2D eigenvalue weighted by Crippen LogP contribution is -1.84. The number of hydrogen-bond acceptors (Lipinski definition) is 4. The molecule has 68 valence electrons. The zero-order valence-electron chi connectivity index (χ0n) is 6.82. The molecule has 0 saturated heterocycles. The van der Waals surface area contributed by atoms with E-state index in [1.54, 1.807) is 18.2 Å². The Morgan fingerprint density at radius 1 is 1.38 bits per heavy atom. The predicted octanol–water partition coefficient (Wildman–Crippen LogP) is 1.68. The minimum Gasteiger partial charge on any atom is -0.506 e. The second kappa shape index (κ2) is 2.90. The number of benzene rings is 1. The number of phenolic OH excluding ortho intramolecular Hbond substituents is 1. The highest BCUT2D eigenvalue weighted by molar-refractivity contribution is 7.19. The molecule has 1 heterocycles. The summed E-state index contributed by atoms with van der Waals surface area (Å²) in [5, 5.41) is 19.0. The summed E-state index contributed by atoms with van der Waals surface area (Å²) in [6, 6.07) is 5.16. The number of aromatic hydroxyl groups is 1. The van der Waals surface area contributed by atoms with E-state index in [0.29, 0.717) is 5.69 Å². The topological polar surface area (TPSA) is 66.5 Å². The largest absolute Gasteiger partial charge is 0.506 e. The van der Waals surface area contributed by atoms with Crippen LogP contribution in [0.15, 0.2) is 18.2 Å². The van der Waals surface area contributed by atoms with Crippen LogP contribution in [0.2, 0.25) is 0 Å². The fourth-order valence-electron chi connectivity index (χ4n) is 1.25. The van der Waals surface area contributed by atoms with Gasteiger partial charge in [0.25, 0.3) is 0 Å². The minimum atomic E-state index is 0.0134. The maximum atomic E-state index is 9.32. The fraction of sp³-hybridized carbons (Fsp3) is 0.111. The molecular formula is C9H9NO2S. The van der Waals surface area contributed by atoms with Crippen molar-refractivity contribution >= 4 is 27.1 Å². The van der Waals surface area contributed by atoms with Crippen LogP contribution in [0, 0.1) is 0 Å². The molecule has 0 aliphatic carbocycles. The first-order valence-electron chi connectivity index (χ1n) is 3.83. The van der Waals surface area contributed by atoms with Crippen molar-refractivity contribution in [2.24, 2.45) is 0 Å². The molecule has 0 aliphatic heterocycles. The van der Waals surface area contributed by atoms with Gasteiger partial charge in [0.1, 0.15) is 5.75 Å². The van der Waals surface area contributed by atoms with Gasteiger partial charge < -0.3 is 15.9 Å². The molecule has 0 amide bonds. The van der Waals surface area contributed by atoms with Crippen LogP contribution in [0.25, 0.3) is 10.1 Å². The quantitative estimate of drug-likeness (QED) is 0.479. The van der Waals surface area contributed by atoms with Gasteiger partial charge in [0.05, 0.1) is 12.3 Å². The molecule has 0 radical (unpaired) electrons. The first kappa shape index (κ1) is 8.34. The van der Waals surface area contributed by atoms with E-state index in [1.165, 1.54) is 11.3 Å². The van der Waals surface area contributed by atoms with Crippen molar-refractivity contribution in [2.45, 2.75) is 6.61 Å². The lowest BCUT2D eigenvalue weighted by Gasteiger charge is -1.98. The van der Waals surface area contributed by atoms with Crippen LogP contribution in [-0.4, -0.2) is 10.2 Å². The van der Waals surface area contributed by atoms with Gasteiger partial charge in [-0.2, -0.15) is 0 Å². The number of thiophene rings is 1. The Morgan fingerprint density at radius 3 is 2.85 bits per heavy atom. The molecule has 13 heavy (non-hydrogen) atoms. The van der Waals surface area contributed by atoms with Crippen molar-refractivity contribution in [1.29, 1.82) is 0 Å². The van der Waals surface area contributed by atoms with Gasteiger partial charge in [0.15, 0.2) is 0 Å². The molecule has 1 aromatic carbocycles. The van der Waals surface area contributed by atoms with Crippen molar-refractivity contribution in [3.8, 4) is 5.75 Å². The Labute approximate surface area is 79.0 Å². The van der Waals surface area contributed by atoms with E-state index in [0.717, 1.165) is 15.0 Å². The van der Waals surface area contributed by atoms with Gasteiger partial charge in [-0.25, -0.2) is 0 Å². The molecule has 0 spiro atoms. The van der Waals surface area contributed by atoms with Gasteiger partial charge in [0, 0.05) is 15.0 Å². The smallest absolute Gasteiger partial charge is 0.139 e. The summed E-state index contributed by atoms with van der Waals surface area (Å²) in [6.45, 7) is 0.0134. The number of phenols is 1. The third kappa shape index (κ3) is 1.24. The molecule has 3 nitrogen and oxygen atoms in total. The third-order valence-corrected chi connectivity index (χ3v) is 3.01. The fourth-order valence-corrected chi connectivity index (χ4v) is 2.19. The number of anilines is 1. The lowest BCUT2D eigenvalue weighted by molar-refractivity contribution is 0.285. The standard InChI is InChI=1S/C9H9NO2S/c10-9-6-3-5(4-11)13-8(6)2-1-7(9)12/h1-3,11-12H,4,10H2. The van der Waals surface area contributed by atoms with Crippen LogP contribution in [-0.2, 0) is 6.61 Å². The zero-order valence-corrected chi connectivity index (χ0v) is 7.64. The molecule has 1 aromatic heterocycles. The van der Waals surface area contributed by atoms with Crippen LogP contribution in [0.1, 0.15) is 4.88 Å². The molecule has 2 aromatic rings. The number of hydrogen-bond donors (Lipinski definition) is 3. The van der Waals surface area contributed by atoms with E-state index in [4.69, 9.17) is 10.8 Å². The first-order chi connectivity index (χ1) is 6.22. The minimum absolute atomic E-state index is 0.0134. The van der Waals surface area contributed by atoms with Gasteiger partial charge in [-0.3, -0.25) is 0 Å². The van der Waals surface area contributed by atoms with Crippen molar-refractivity contribution in [3.05, 3.63) is 23.1 Å². The Kier molecular flexibility index (Phi) is 1.86. The zero-order chi connectivity index (χ0) is 9.42. The van der Waals surface area contributed by atoms with Crippen molar-refractivity contribution < 1.29 is 10.2 Å². The van der Waals surface area contributed by atoms with Gasteiger partial charge in [-0.1, -0.05) is 0 Å². The highest BCUT2D eigenvalue weighted by Gasteiger charge is 2.06. The molecular weight excluding hydrogens is 186 g/mol. The second-order valence-electron chi connectivity index (χ2n) is 2.78. The Balaban J connectivity index is 2.76. The summed E-state index contributed by atoms with van der Waals surface area (Å²) >= 11 is 1.48. The summed E-state index contributed by atoms with van der Waals surface area (Å²) in [7, 11) is 0. The highest BCUT2D eigenvalue weighted by Crippen LogP contribution is 2.34. The second-order valence-corrected chi connectivity index (χ2v) is 3.95. The molecule has 0 bridgehead atoms. The molecule has 4 heteroatoms. The van der Waals surface area contributed by atoms with Crippen LogP contribution >= 0.6 is 11.3 Å². The Morgan fingerprint density at radius 2 is 2.15 bits per heavy atom. The van der Waals surface area contributed by atoms with Gasteiger partial charge in [-0.15, -0.1) is 11.3 Å². The van der Waals surface area contributed by atoms with Gasteiger partial charge in [0.2, 0.25) is 0 Å². The Hall–Kier alpha value is -1.26. The van der Waals surface area contributed by atoms with Gasteiger partial charge in [-0.05, 0) is 18.2 Å². The summed E-state index contributed by atoms with van der Waals surface area (Å²) in [5.41, 5.74) is 6.04. The van der Waals surface area contributed by atoms with Crippen molar-refractivity contribution in [3.63, 3.8) is 0 Å². The monoisotopic (exact) mass is 195 g/mol. The van der Waals surface area contributed by atoms with Crippen LogP contribution in [0.3, 0.4) is 0 Å². The highest BCUT2D eigenvalue weighted by atomic mass is 32.1. The van der Waals surface area contributed by atoms with E-state index in [2.05, 4.69) is 0 Å². The summed E-state index contributed by atoms with van der Waals surface area (Å²) < 4.78 is 0.986. The summed E-state index contributed by atoms with van der Waals surface area (Å²) in [5.74, 6) is 0.0924. The Bertz CT molecular complexity index is 450. The normalized spacial score (nSPS) is 10.8. The van der Waals surface area contributed by atoms with Crippen molar-refractivity contribution in [2.75, 3.05) is 5.73 Å². The molecule has 0 saturated carbocycles. The van der Waals surface area contributed by atoms with Crippen molar-refractivity contribution in [1.82, 2.24) is 0 Å². The van der Waals surface area contributed by atoms with E-state index in [-0.39, 0.29) is 12.4 Å². The number of fused-ring (bicyclic) bond motifs is 1. The van der Waals surface area contributed by atoms with E-state index in [9.17, 15) is 5.11 Å². The lowest BCUT2D eigenvalue weighted by atomic mass is 10.2. The van der Waals surface area contributed by atoms with E-state index >= 15 is 0 Å². The molecule has 0 atom stereocenters. The molecule has 2 rings (SSSR count). The maximum Gasteiger partial charge on any atom is 0.139 e. The molecule has 0 fully saturated rings. The van der Waals surface area contributed by atoms with Crippen LogP contribution in [0.4, 0.5) is 5.69 Å². The predicted molar refractivity (Wildman–Crippen MR) is 53.8 cm³/mol. The van der Waals surface area contributed by atoms with E-state index in [1.807, 2.05) is 0 Å². The first-order valence-corrected chi connectivity index (χ1v) is 4.64. The maximum absolute atomic E-state index is 9.32. The average molecular weight is 195 g/mol. The van der Waals surface area contributed by atoms with Gasteiger partial charge >= 0.3 is 0 Å². The summed E-state index contributed by atoms with van der Waals surface area (Å²) in [4.78, 5) is 0.854. The molecule has 4 N–H and O–H groups in total.